The highest BCUT2D eigenvalue weighted by molar-refractivity contribution is 5.94. The minimum Gasteiger partial charge on any atom is -0.444 e. The number of esters is 2. The van der Waals surface area contributed by atoms with E-state index in [4.69, 9.17) is 23.9 Å². The fraction of sp³-hybridized carbons (Fsp3) is 0.812. The van der Waals surface area contributed by atoms with Gasteiger partial charge in [-0.05, 0) is 108 Å². The van der Waals surface area contributed by atoms with E-state index in [1.165, 1.54) is 9.80 Å². The summed E-state index contributed by atoms with van der Waals surface area (Å²) >= 11 is 0. The second-order valence-electron chi connectivity index (χ2n) is 16.1. The second-order valence-corrected chi connectivity index (χ2v) is 16.1. The van der Waals surface area contributed by atoms with Crippen molar-refractivity contribution in [3.8, 4) is 0 Å². The van der Waals surface area contributed by atoms with Gasteiger partial charge in [-0.15, -0.1) is 0 Å². The molecule has 2 rings (SSSR count). The van der Waals surface area contributed by atoms with Gasteiger partial charge in [-0.3, -0.25) is 29.1 Å². The van der Waals surface area contributed by atoms with Crippen LogP contribution in [0.25, 0.3) is 0 Å². The number of hydrogen-bond acceptors (Lipinski definition) is 11. The number of ether oxygens (including phenoxy) is 3. The van der Waals surface area contributed by atoms with Crippen LogP contribution in [0.1, 0.15) is 95.9 Å². The van der Waals surface area contributed by atoms with Crippen molar-refractivity contribution < 1.29 is 52.7 Å². The quantitative estimate of drug-likeness (QED) is 0.110. The predicted molar refractivity (Wildman–Crippen MR) is 168 cm³/mol. The van der Waals surface area contributed by atoms with Gasteiger partial charge in [0.05, 0.1) is 24.3 Å². The van der Waals surface area contributed by atoms with E-state index < -0.39 is 70.4 Å². The van der Waals surface area contributed by atoms with Crippen LogP contribution in [0.15, 0.2) is 0 Å². The Bertz CT molecular complexity index is 1060. The highest BCUT2D eigenvalue weighted by atomic mass is 16.7. The highest BCUT2D eigenvalue weighted by Gasteiger charge is 2.47. The monoisotopic (exact) mass is 670 g/mol. The zero-order valence-corrected chi connectivity index (χ0v) is 30.0. The van der Waals surface area contributed by atoms with Crippen molar-refractivity contribution in [2.45, 2.75) is 130 Å². The van der Waals surface area contributed by atoms with Gasteiger partial charge in [-0.25, -0.2) is 29.3 Å². The van der Waals surface area contributed by atoms with Crippen molar-refractivity contribution >= 4 is 36.9 Å². The molecule has 2 aliphatic rings. The maximum atomic E-state index is 13.6. The van der Waals surface area contributed by atoms with Crippen LogP contribution in [0.3, 0.4) is 0 Å². The molecule has 0 aliphatic carbocycles. The van der Waals surface area contributed by atoms with Gasteiger partial charge in [0.15, 0.2) is 0 Å². The Labute approximate surface area is 278 Å². The third kappa shape index (κ3) is 13.3. The van der Waals surface area contributed by atoms with Crippen molar-refractivity contribution in [3.05, 3.63) is 0 Å². The van der Waals surface area contributed by atoms with Crippen LogP contribution in [-0.4, -0.2) is 118 Å². The van der Waals surface area contributed by atoms with Crippen LogP contribution in [0.2, 0.25) is 0 Å². The lowest BCUT2D eigenvalue weighted by atomic mass is 10.1. The minimum absolute atomic E-state index is 0.0333. The van der Waals surface area contributed by atoms with E-state index in [1.807, 2.05) is 0 Å². The SMILES string of the molecule is CC(C)(C)OC(=O)N1CC(CN(C=O)OC(C)(C)C)C[C@@H]1C(=O)OC(=O)[C@@H]1CC(CN(C=O)OC(C)(C)C)CN1C(=O)OC(C)(C)C. The number of carbonyl (C=O) groups excluding carboxylic acids is 6. The predicted octanol–water partition coefficient (Wildman–Crippen LogP) is 3.68. The van der Waals surface area contributed by atoms with Crippen molar-refractivity contribution in [1.29, 1.82) is 0 Å². The lowest BCUT2D eigenvalue weighted by Gasteiger charge is -2.29. The molecule has 2 unspecified atom stereocenters. The van der Waals surface area contributed by atoms with Gasteiger partial charge in [0, 0.05) is 13.1 Å². The molecule has 4 amide bonds. The lowest BCUT2D eigenvalue weighted by molar-refractivity contribution is -0.219. The molecule has 0 N–H and O–H groups in total. The molecule has 15 heteroatoms. The third-order valence-electron chi connectivity index (χ3n) is 6.67. The second kappa shape index (κ2) is 15.2. The Morgan fingerprint density at radius 1 is 0.596 bits per heavy atom. The summed E-state index contributed by atoms with van der Waals surface area (Å²) in [5, 5.41) is 2.22. The highest BCUT2D eigenvalue weighted by Crippen LogP contribution is 2.31. The van der Waals surface area contributed by atoms with Crippen molar-refractivity contribution in [3.63, 3.8) is 0 Å². The Hall–Kier alpha value is -3.46. The summed E-state index contributed by atoms with van der Waals surface area (Å²) < 4.78 is 16.4. The van der Waals surface area contributed by atoms with Gasteiger partial charge in [0.25, 0.3) is 0 Å². The average molecular weight is 671 g/mol. The smallest absolute Gasteiger partial charge is 0.411 e. The van der Waals surface area contributed by atoms with Crippen molar-refractivity contribution in [2.24, 2.45) is 11.8 Å². The number of amides is 4. The van der Waals surface area contributed by atoms with Crippen molar-refractivity contribution in [2.75, 3.05) is 26.2 Å². The Kier molecular flexibility index (Phi) is 12.8. The zero-order valence-electron chi connectivity index (χ0n) is 30.0. The van der Waals surface area contributed by atoms with E-state index in [0.29, 0.717) is 12.8 Å². The summed E-state index contributed by atoms with van der Waals surface area (Å²) in [7, 11) is 0. The van der Waals surface area contributed by atoms with Crippen LogP contribution in [0.5, 0.6) is 0 Å². The molecule has 47 heavy (non-hydrogen) atoms. The molecule has 0 aromatic rings. The van der Waals surface area contributed by atoms with E-state index in [2.05, 4.69) is 0 Å². The van der Waals surface area contributed by atoms with Gasteiger partial charge >= 0.3 is 24.1 Å². The van der Waals surface area contributed by atoms with Gasteiger partial charge in [-0.1, -0.05) is 0 Å². The first-order valence-electron chi connectivity index (χ1n) is 15.9. The first kappa shape index (κ1) is 39.7. The summed E-state index contributed by atoms with van der Waals surface area (Å²) in [6.45, 7) is 21.0. The molecule has 2 fully saturated rings. The Balaban J connectivity index is 2.29. The Morgan fingerprint density at radius 2 is 0.915 bits per heavy atom. The molecule has 0 bridgehead atoms. The van der Waals surface area contributed by atoms with Crippen molar-refractivity contribution in [1.82, 2.24) is 19.9 Å². The number of carbonyl (C=O) groups is 6. The largest absolute Gasteiger partial charge is 0.444 e. The standard InChI is InChI=1S/C32H54N4O11/c1-29(2,3)44-27(41)35-17-21(15-33(19-37)46-31(7,8)9)13-23(35)25(39)43-26(40)24-14-22(16-34(20-38)47-32(10,11)12)18-36(24)28(42)45-30(4,5)6/h19-24H,13-18H2,1-12H3/t21?,22?,23-,24+. The van der Waals surface area contributed by atoms with Crippen LogP contribution < -0.4 is 0 Å². The maximum absolute atomic E-state index is 13.6. The van der Waals surface area contributed by atoms with Crippen LogP contribution in [-0.2, 0) is 43.1 Å². The molecule has 2 saturated heterocycles. The van der Waals surface area contributed by atoms with Crippen LogP contribution in [0.4, 0.5) is 9.59 Å². The third-order valence-corrected chi connectivity index (χ3v) is 6.67. The molecule has 0 aromatic heterocycles. The summed E-state index contributed by atoms with van der Waals surface area (Å²) in [6.07, 6.45) is -0.396. The molecule has 15 nitrogen and oxygen atoms in total. The molecule has 0 saturated carbocycles. The van der Waals surface area contributed by atoms with E-state index in [0.717, 1.165) is 10.1 Å². The number of hydroxylamine groups is 4. The number of nitrogens with zero attached hydrogens (tertiary/aromatic N) is 4. The molecule has 0 radical (unpaired) electrons. The van der Waals surface area contributed by atoms with E-state index in [-0.39, 0.29) is 39.0 Å². The molecular formula is C32H54N4O11. The first-order valence-corrected chi connectivity index (χ1v) is 15.9. The molecule has 2 heterocycles. The fourth-order valence-electron chi connectivity index (χ4n) is 5.25. The summed E-state index contributed by atoms with van der Waals surface area (Å²) in [5.41, 5.74) is -3.09. The molecule has 2 aliphatic heterocycles. The summed E-state index contributed by atoms with van der Waals surface area (Å²) in [4.78, 5) is 90.6. The maximum Gasteiger partial charge on any atom is 0.411 e. The topological polar surface area (TPSA) is 162 Å². The molecule has 0 spiro atoms. The van der Waals surface area contributed by atoms with Crippen LogP contribution in [0, 0.1) is 11.8 Å². The van der Waals surface area contributed by atoms with E-state index >= 15 is 0 Å². The van der Waals surface area contributed by atoms with E-state index in [9.17, 15) is 28.8 Å². The molecule has 0 aromatic carbocycles. The average Bonchev–Trinajstić information content (AvgIpc) is 3.49. The zero-order chi connectivity index (χ0) is 36.1. The minimum atomic E-state index is -1.21. The Morgan fingerprint density at radius 3 is 1.17 bits per heavy atom. The normalized spacial score (nSPS) is 22.0. The fourth-order valence-corrected chi connectivity index (χ4v) is 5.25. The summed E-state index contributed by atoms with van der Waals surface area (Å²) in [5.74, 6) is -2.82. The van der Waals surface area contributed by atoms with Gasteiger partial charge in [-0.2, -0.15) is 0 Å². The van der Waals surface area contributed by atoms with Crippen LogP contribution >= 0.6 is 0 Å². The van der Waals surface area contributed by atoms with Gasteiger partial charge in [0.2, 0.25) is 12.8 Å². The first-order chi connectivity index (χ1) is 21.3. The lowest BCUT2D eigenvalue weighted by Crippen LogP contribution is -2.47. The molecular weight excluding hydrogens is 616 g/mol. The van der Waals surface area contributed by atoms with Gasteiger partial charge < -0.3 is 14.2 Å². The number of rotatable bonds is 10. The number of likely N-dealkylation sites (tertiary alicyclic amines) is 2. The van der Waals surface area contributed by atoms with E-state index in [1.54, 1.807) is 83.1 Å². The number of hydrogen-bond donors (Lipinski definition) is 0. The van der Waals surface area contributed by atoms with Gasteiger partial charge in [0.1, 0.15) is 23.3 Å². The molecule has 268 valence electrons. The summed E-state index contributed by atoms with van der Waals surface area (Å²) in [6, 6.07) is -2.42. The molecule has 4 atom stereocenters.